The molecule has 0 spiro atoms. The van der Waals surface area contributed by atoms with Gasteiger partial charge in [0.25, 0.3) is 0 Å². The summed E-state index contributed by atoms with van der Waals surface area (Å²) in [5.74, 6) is 3.82. The molecule has 0 saturated heterocycles. The van der Waals surface area contributed by atoms with E-state index >= 15 is 0 Å². The Morgan fingerprint density at radius 3 is 2.30 bits per heavy atom. The van der Waals surface area contributed by atoms with Gasteiger partial charge in [-0.25, -0.2) is 0 Å². The Kier molecular flexibility index (Phi) is 1.19. The van der Waals surface area contributed by atoms with E-state index in [2.05, 4.69) is 20.8 Å². The predicted octanol–water partition coefficient (Wildman–Crippen LogP) is 3.04. The van der Waals surface area contributed by atoms with E-state index in [1.165, 1.54) is 19.3 Å². The van der Waals surface area contributed by atoms with Crippen LogP contribution < -0.4 is 0 Å². The van der Waals surface area contributed by atoms with Crippen LogP contribution in [0, 0.1) is 23.2 Å². The van der Waals surface area contributed by atoms with Crippen molar-refractivity contribution in [3.8, 4) is 0 Å². The highest BCUT2D eigenvalue weighted by Crippen LogP contribution is 2.61. The van der Waals surface area contributed by atoms with Crippen LogP contribution in [0.5, 0.6) is 0 Å². The zero-order valence-corrected chi connectivity index (χ0v) is 7.28. The van der Waals surface area contributed by atoms with Gasteiger partial charge in [0, 0.05) is 0 Å². The van der Waals surface area contributed by atoms with Crippen LogP contribution in [0.25, 0.3) is 0 Å². The van der Waals surface area contributed by atoms with Crippen molar-refractivity contribution in [2.24, 2.45) is 17.3 Å². The molecule has 0 aromatic heterocycles. The minimum Gasteiger partial charge on any atom is -0.0619 e. The minimum atomic E-state index is 0.611. The second-order valence-electron chi connectivity index (χ2n) is 4.62. The maximum Gasteiger partial charge on any atom is -0.0153 e. The van der Waals surface area contributed by atoms with Gasteiger partial charge in [-0.3, -0.25) is 0 Å². The van der Waals surface area contributed by atoms with Gasteiger partial charge >= 0.3 is 0 Å². The Bertz CT molecular complexity index is 146. The Morgan fingerprint density at radius 2 is 2.10 bits per heavy atom. The first-order valence-corrected chi connectivity index (χ1v) is 4.48. The zero-order valence-electron chi connectivity index (χ0n) is 7.28. The van der Waals surface area contributed by atoms with Crippen LogP contribution in [0.3, 0.4) is 0 Å². The summed E-state index contributed by atoms with van der Waals surface area (Å²) in [6.45, 7) is 7.27. The second kappa shape index (κ2) is 1.78. The molecular formula is C10H17. The molecule has 2 fully saturated rings. The molecule has 2 aliphatic carbocycles. The van der Waals surface area contributed by atoms with Crippen molar-refractivity contribution in [3.05, 3.63) is 5.92 Å². The van der Waals surface area contributed by atoms with Gasteiger partial charge < -0.3 is 0 Å². The molecular weight excluding hydrogens is 120 g/mol. The molecule has 10 heavy (non-hydrogen) atoms. The topological polar surface area (TPSA) is 0 Å². The van der Waals surface area contributed by atoms with Gasteiger partial charge in [0.1, 0.15) is 0 Å². The molecule has 2 unspecified atom stereocenters. The Morgan fingerprint density at radius 1 is 1.40 bits per heavy atom. The van der Waals surface area contributed by atoms with Crippen LogP contribution in [-0.2, 0) is 0 Å². The first-order valence-electron chi connectivity index (χ1n) is 4.48. The fraction of sp³-hybridized carbons (Fsp3) is 0.900. The van der Waals surface area contributed by atoms with Crippen molar-refractivity contribution in [1.29, 1.82) is 0 Å². The average Bonchev–Trinajstić information content (AvgIpc) is 2.20. The van der Waals surface area contributed by atoms with Crippen LogP contribution in [0.4, 0.5) is 0 Å². The molecule has 57 valence electrons. The monoisotopic (exact) mass is 137 g/mol. The molecule has 2 aliphatic rings. The molecule has 1 radical (unpaired) electrons. The maximum atomic E-state index is 2.43. The van der Waals surface area contributed by atoms with Crippen LogP contribution >= 0.6 is 0 Å². The first-order chi connectivity index (χ1) is 4.62. The predicted molar refractivity (Wildman–Crippen MR) is 43.5 cm³/mol. The third kappa shape index (κ3) is 0.627. The first kappa shape index (κ1) is 6.69. The summed E-state index contributed by atoms with van der Waals surface area (Å²) < 4.78 is 0. The molecule has 2 saturated carbocycles. The molecule has 2 rings (SSSR count). The van der Waals surface area contributed by atoms with E-state index in [0.29, 0.717) is 5.41 Å². The van der Waals surface area contributed by atoms with Crippen LogP contribution in [0.2, 0.25) is 0 Å². The molecule has 0 aromatic rings. The molecule has 0 N–H and O–H groups in total. The van der Waals surface area contributed by atoms with Crippen molar-refractivity contribution in [3.63, 3.8) is 0 Å². The highest BCUT2D eigenvalue weighted by atomic mass is 14.6. The molecule has 0 aliphatic heterocycles. The van der Waals surface area contributed by atoms with Gasteiger partial charge in [0.2, 0.25) is 0 Å². The van der Waals surface area contributed by atoms with Crippen molar-refractivity contribution in [2.45, 2.75) is 40.0 Å². The van der Waals surface area contributed by atoms with Gasteiger partial charge in [0.15, 0.2) is 0 Å². The fourth-order valence-electron chi connectivity index (χ4n) is 3.14. The number of hydrogen-bond acceptors (Lipinski definition) is 0. The molecule has 0 aromatic carbocycles. The van der Waals surface area contributed by atoms with Crippen molar-refractivity contribution in [2.75, 3.05) is 0 Å². The Hall–Kier alpha value is 0. The van der Waals surface area contributed by atoms with Crippen LogP contribution in [0.15, 0.2) is 0 Å². The number of fused-ring (bicyclic) bond motifs is 2. The number of rotatable bonds is 0. The Labute approximate surface area is 64.0 Å². The summed E-state index contributed by atoms with van der Waals surface area (Å²) >= 11 is 0. The number of hydrogen-bond donors (Lipinski definition) is 0. The molecule has 0 amide bonds. The van der Waals surface area contributed by atoms with Gasteiger partial charge in [-0.2, -0.15) is 0 Å². The van der Waals surface area contributed by atoms with Crippen molar-refractivity contribution >= 4 is 0 Å². The lowest BCUT2D eigenvalue weighted by atomic mass is 9.80. The zero-order chi connectivity index (χ0) is 7.35. The highest BCUT2D eigenvalue weighted by Gasteiger charge is 2.51. The van der Waals surface area contributed by atoms with E-state index in [1.54, 1.807) is 0 Å². The second-order valence-corrected chi connectivity index (χ2v) is 4.62. The summed E-state index contributed by atoms with van der Waals surface area (Å²) in [5.41, 5.74) is 0.611. The van der Waals surface area contributed by atoms with E-state index in [9.17, 15) is 0 Å². The van der Waals surface area contributed by atoms with Gasteiger partial charge in [-0.05, 0) is 42.4 Å². The molecule has 0 heterocycles. The van der Waals surface area contributed by atoms with E-state index < -0.39 is 0 Å². The highest BCUT2D eigenvalue weighted by molar-refractivity contribution is 5.19. The lowest BCUT2D eigenvalue weighted by molar-refractivity contribution is 0.325. The van der Waals surface area contributed by atoms with E-state index in [1.807, 2.05) is 5.92 Å². The molecule has 2 atom stereocenters. The smallest absolute Gasteiger partial charge is 0.0153 e. The lowest BCUT2D eigenvalue weighted by Crippen LogP contribution is -2.16. The largest absolute Gasteiger partial charge is 0.0619 e. The molecule has 0 nitrogen and oxygen atoms in total. The summed E-state index contributed by atoms with van der Waals surface area (Å²) in [6.07, 6.45) is 4.38. The summed E-state index contributed by atoms with van der Waals surface area (Å²) in [4.78, 5) is 0. The summed E-state index contributed by atoms with van der Waals surface area (Å²) in [7, 11) is 0. The summed E-state index contributed by atoms with van der Waals surface area (Å²) in [5, 5.41) is 0. The SMILES string of the molecule is CC1CC2CC[C]1C2(C)C. The van der Waals surface area contributed by atoms with Crippen LogP contribution in [0.1, 0.15) is 40.0 Å². The standard InChI is InChI=1S/C10H17/c1-7-6-8-4-5-9(7)10(8,2)3/h7-8H,4-6H2,1-3H3. The van der Waals surface area contributed by atoms with Crippen molar-refractivity contribution in [1.82, 2.24) is 0 Å². The minimum absolute atomic E-state index is 0.611. The van der Waals surface area contributed by atoms with Gasteiger partial charge in [-0.1, -0.05) is 20.8 Å². The van der Waals surface area contributed by atoms with Crippen LogP contribution in [-0.4, -0.2) is 0 Å². The molecule has 2 bridgehead atoms. The van der Waals surface area contributed by atoms with Crippen molar-refractivity contribution < 1.29 is 0 Å². The maximum absolute atomic E-state index is 2.43. The van der Waals surface area contributed by atoms with E-state index in [-0.39, 0.29) is 0 Å². The molecule has 0 heteroatoms. The Balaban J connectivity index is 2.27. The summed E-state index contributed by atoms with van der Waals surface area (Å²) in [6, 6.07) is 0. The normalized spacial score (nSPS) is 44.7. The van der Waals surface area contributed by atoms with E-state index in [4.69, 9.17) is 0 Å². The van der Waals surface area contributed by atoms with E-state index in [0.717, 1.165) is 11.8 Å². The van der Waals surface area contributed by atoms with Gasteiger partial charge in [0.05, 0.1) is 0 Å². The third-order valence-corrected chi connectivity index (χ3v) is 3.84. The lowest BCUT2D eigenvalue weighted by Gasteiger charge is -2.24. The average molecular weight is 137 g/mol. The fourth-order valence-corrected chi connectivity index (χ4v) is 3.14. The third-order valence-electron chi connectivity index (χ3n) is 3.84. The quantitative estimate of drug-likeness (QED) is 0.481. The van der Waals surface area contributed by atoms with Gasteiger partial charge in [-0.15, -0.1) is 0 Å².